The molecule has 1 amide bonds. The molecule has 1 aromatic heterocycles. The smallest absolute Gasteiger partial charge is 0.274 e. The number of phenolic OH excluding ortho intramolecular Hbond substituents is 2. The number of nitrogens with zero attached hydrogens (tertiary/aromatic N) is 2. The third-order valence-corrected chi connectivity index (χ3v) is 5.00. The molecule has 0 spiro atoms. The van der Waals surface area contributed by atoms with Crippen LogP contribution in [0.2, 0.25) is 0 Å². The Balaban J connectivity index is 0.00000187. The number of phenols is 2. The summed E-state index contributed by atoms with van der Waals surface area (Å²) >= 11 is 0. The van der Waals surface area contributed by atoms with Crippen LogP contribution in [0.15, 0.2) is 40.9 Å². The maximum absolute atomic E-state index is 12.7. The van der Waals surface area contributed by atoms with Crippen molar-refractivity contribution >= 4 is 5.91 Å². The summed E-state index contributed by atoms with van der Waals surface area (Å²) in [7, 11) is 4.00. The zero-order valence-electron chi connectivity index (χ0n) is 20.6. The summed E-state index contributed by atoms with van der Waals surface area (Å²) in [6.45, 7) is 11.0. The lowest BCUT2D eigenvalue weighted by Gasteiger charge is -2.13. The first kappa shape index (κ1) is 25.9. The minimum absolute atomic E-state index is 0.00861. The van der Waals surface area contributed by atoms with Gasteiger partial charge in [0, 0.05) is 19.2 Å². The van der Waals surface area contributed by atoms with Gasteiger partial charge in [0.2, 0.25) is 0 Å². The summed E-state index contributed by atoms with van der Waals surface area (Å²) in [5.74, 6) is -0.188. The molecule has 0 fully saturated rings. The highest BCUT2D eigenvalue weighted by Gasteiger charge is 2.27. The number of benzene rings is 2. The van der Waals surface area contributed by atoms with Crippen molar-refractivity contribution in [2.45, 2.75) is 47.1 Å². The Morgan fingerprint density at radius 1 is 1.09 bits per heavy atom. The molecule has 0 atom stereocenters. The number of rotatable bonds is 7. The molecule has 1 heterocycles. The van der Waals surface area contributed by atoms with Gasteiger partial charge < -0.3 is 25.0 Å². The zero-order chi connectivity index (χ0) is 24.7. The van der Waals surface area contributed by atoms with Gasteiger partial charge in [-0.25, -0.2) is 0 Å². The molecule has 178 valence electrons. The van der Waals surface area contributed by atoms with Crippen LogP contribution in [0.1, 0.15) is 62.2 Å². The van der Waals surface area contributed by atoms with E-state index in [0.29, 0.717) is 23.2 Å². The standard InChI is InChI=1S/C24H29N3O4.C2H6/c1-6-25-24(30)22-21(16-9-7-15(8-10-16)13-27(4)5)23(31-26-22)18-11-17(14(2)3)19(28)12-20(18)29;1-2/h7-12,14,28-29H,6,13H2,1-5H3,(H,25,30);1-2H3. The van der Waals surface area contributed by atoms with Crippen LogP contribution >= 0.6 is 0 Å². The maximum Gasteiger partial charge on any atom is 0.274 e. The van der Waals surface area contributed by atoms with Crippen LogP contribution in [0.4, 0.5) is 0 Å². The number of carbonyl (C=O) groups is 1. The normalized spacial score (nSPS) is 10.8. The highest BCUT2D eigenvalue weighted by Crippen LogP contribution is 2.43. The predicted octanol–water partition coefficient (Wildman–Crippen LogP) is 5.38. The fourth-order valence-corrected chi connectivity index (χ4v) is 3.52. The van der Waals surface area contributed by atoms with E-state index in [0.717, 1.165) is 17.7 Å². The van der Waals surface area contributed by atoms with Gasteiger partial charge in [0.1, 0.15) is 11.5 Å². The van der Waals surface area contributed by atoms with Crippen molar-refractivity contribution in [3.05, 3.63) is 53.2 Å². The number of aromatic hydroxyl groups is 2. The second-order valence-electron chi connectivity index (χ2n) is 8.11. The van der Waals surface area contributed by atoms with Crippen molar-refractivity contribution in [2.24, 2.45) is 0 Å². The van der Waals surface area contributed by atoms with Crippen LogP contribution in [-0.4, -0.2) is 46.8 Å². The second kappa shape index (κ2) is 11.5. The zero-order valence-corrected chi connectivity index (χ0v) is 20.6. The topological polar surface area (TPSA) is 98.8 Å². The number of amides is 1. The number of carbonyl (C=O) groups excluding carboxylic acids is 1. The molecule has 33 heavy (non-hydrogen) atoms. The van der Waals surface area contributed by atoms with E-state index in [1.54, 1.807) is 6.07 Å². The molecular weight excluding hydrogens is 418 g/mol. The third-order valence-electron chi connectivity index (χ3n) is 5.00. The van der Waals surface area contributed by atoms with Gasteiger partial charge in [-0.05, 0) is 49.7 Å². The Morgan fingerprint density at radius 3 is 2.27 bits per heavy atom. The molecule has 3 rings (SSSR count). The lowest BCUT2D eigenvalue weighted by molar-refractivity contribution is 0.0947. The number of aromatic nitrogens is 1. The molecule has 0 unspecified atom stereocenters. The van der Waals surface area contributed by atoms with Gasteiger partial charge in [0.15, 0.2) is 11.5 Å². The summed E-state index contributed by atoms with van der Waals surface area (Å²) in [6.07, 6.45) is 0. The van der Waals surface area contributed by atoms with E-state index in [1.807, 2.05) is 73.0 Å². The lowest BCUT2D eigenvalue weighted by atomic mass is 9.94. The molecule has 7 nitrogen and oxygen atoms in total. The highest BCUT2D eigenvalue weighted by atomic mass is 16.5. The fraction of sp³-hybridized carbons (Fsp3) is 0.385. The molecule has 0 aliphatic carbocycles. The molecular formula is C26H35N3O4. The molecule has 2 aromatic carbocycles. The van der Waals surface area contributed by atoms with Crippen LogP contribution in [-0.2, 0) is 6.54 Å². The van der Waals surface area contributed by atoms with Crippen molar-refractivity contribution in [1.29, 1.82) is 0 Å². The van der Waals surface area contributed by atoms with Crippen molar-refractivity contribution in [2.75, 3.05) is 20.6 Å². The monoisotopic (exact) mass is 453 g/mol. The Bertz CT molecular complexity index is 1070. The Morgan fingerprint density at radius 2 is 1.73 bits per heavy atom. The van der Waals surface area contributed by atoms with Gasteiger partial charge in [-0.3, -0.25) is 4.79 Å². The van der Waals surface area contributed by atoms with E-state index in [1.165, 1.54) is 6.07 Å². The fourth-order valence-electron chi connectivity index (χ4n) is 3.52. The molecule has 0 aliphatic heterocycles. The molecule has 0 radical (unpaired) electrons. The van der Waals surface area contributed by atoms with E-state index < -0.39 is 0 Å². The molecule has 7 heteroatoms. The average molecular weight is 454 g/mol. The Hall–Kier alpha value is -3.32. The molecule has 3 aromatic rings. The first-order chi connectivity index (χ1) is 15.7. The number of nitrogens with one attached hydrogen (secondary N) is 1. The molecule has 3 N–H and O–H groups in total. The third kappa shape index (κ3) is 5.93. The first-order valence-corrected chi connectivity index (χ1v) is 11.3. The van der Waals surface area contributed by atoms with Gasteiger partial charge in [-0.1, -0.05) is 57.1 Å². The van der Waals surface area contributed by atoms with E-state index in [4.69, 9.17) is 4.52 Å². The maximum atomic E-state index is 12.7. The lowest BCUT2D eigenvalue weighted by Crippen LogP contribution is -2.23. The van der Waals surface area contributed by atoms with Crippen LogP contribution in [0.5, 0.6) is 11.5 Å². The van der Waals surface area contributed by atoms with Gasteiger partial charge in [-0.2, -0.15) is 0 Å². The van der Waals surface area contributed by atoms with Crippen molar-refractivity contribution in [3.8, 4) is 33.9 Å². The first-order valence-electron chi connectivity index (χ1n) is 11.3. The Kier molecular flexibility index (Phi) is 9.05. The van der Waals surface area contributed by atoms with Gasteiger partial charge in [-0.15, -0.1) is 0 Å². The summed E-state index contributed by atoms with van der Waals surface area (Å²) in [5, 5.41) is 27.6. The quantitative estimate of drug-likeness (QED) is 0.444. The van der Waals surface area contributed by atoms with E-state index in [2.05, 4.69) is 15.4 Å². The molecule has 0 aliphatic rings. The van der Waals surface area contributed by atoms with Crippen molar-refractivity contribution < 1.29 is 19.5 Å². The SMILES string of the molecule is CC.CCNC(=O)c1noc(-c2cc(C(C)C)c(O)cc2O)c1-c1ccc(CN(C)C)cc1. The molecule has 0 bridgehead atoms. The molecule has 0 saturated carbocycles. The van der Waals surface area contributed by atoms with Crippen LogP contribution in [0.25, 0.3) is 22.5 Å². The number of hydrogen-bond acceptors (Lipinski definition) is 6. The Labute approximate surface area is 196 Å². The minimum Gasteiger partial charge on any atom is -0.508 e. The van der Waals surface area contributed by atoms with Gasteiger partial charge in [0.05, 0.1) is 11.1 Å². The number of hydrogen-bond donors (Lipinski definition) is 3. The van der Waals surface area contributed by atoms with Crippen molar-refractivity contribution in [1.82, 2.24) is 15.4 Å². The van der Waals surface area contributed by atoms with Gasteiger partial charge in [0.25, 0.3) is 5.91 Å². The predicted molar refractivity (Wildman–Crippen MR) is 132 cm³/mol. The summed E-state index contributed by atoms with van der Waals surface area (Å²) in [4.78, 5) is 14.7. The van der Waals surface area contributed by atoms with E-state index in [9.17, 15) is 15.0 Å². The van der Waals surface area contributed by atoms with E-state index in [-0.39, 0.29) is 34.8 Å². The summed E-state index contributed by atoms with van der Waals surface area (Å²) in [6, 6.07) is 10.8. The minimum atomic E-state index is -0.354. The average Bonchev–Trinajstić information content (AvgIpc) is 3.20. The van der Waals surface area contributed by atoms with Gasteiger partial charge >= 0.3 is 0 Å². The summed E-state index contributed by atoms with van der Waals surface area (Å²) < 4.78 is 5.59. The van der Waals surface area contributed by atoms with Crippen molar-refractivity contribution in [3.63, 3.8) is 0 Å². The van der Waals surface area contributed by atoms with Crippen LogP contribution in [0.3, 0.4) is 0 Å². The van der Waals surface area contributed by atoms with Crippen LogP contribution in [0, 0.1) is 0 Å². The summed E-state index contributed by atoms with van der Waals surface area (Å²) in [5.41, 5.74) is 3.56. The second-order valence-corrected chi connectivity index (χ2v) is 8.11. The van der Waals surface area contributed by atoms with Crippen LogP contribution < -0.4 is 5.32 Å². The largest absolute Gasteiger partial charge is 0.508 e. The molecule has 0 saturated heterocycles. The highest BCUT2D eigenvalue weighted by molar-refractivity contribution is 6.02. The van der Waals surface area contributed by atoms with E-state index >= 15 is 0 Å².